The van der Waals surface area contributed by atoms with Crippen LogP contribution in [0.2, 0.25) is 0 Å². The lowest BCUT2D eigenvalue weighted by Crippen LogP contribution is -3.17. The molecule has 2 fully saturated rings. The fourth-order valence-electron chi connectivity index (χ4n) is 3.73. The second-order valence-electron chi connectivity index (χ2n) is 6.93. The van der Waals surface area contributed by atoms with Crippen LogP contribution in [0, 0.1) is 11.8 Å². The molecule has 2 amide bonds. The molecule has 5 nitrogen and oxygen atoms in total. The van der Waals surface area contributed by atoms with Gasteiger partial charge in [0.2, 0.25) is 5.91 Å². The summed E-state index contributed by atoms with van der Waals surface area (Å²) >= 11 is 0. The smallest absolute Gasteiger partial charge is 0.278 e. The van der Waals surface area contributed by atoms with Crippen molar-refractivity contribution in [2.75, 3.05) is 13.1 Å². The highest BCUT2D eigenvalue weighted by atomic mass is 16.2. The summed E-state index contributed by atoms with van der Waals surface area (Å²) in [6.45, 7) is 5.97. The molecule has 1 aliphatic heterocycles. The molecule has 2 aliphatic rings. The standard InChI is InChI=1S/C16H29N3O2/c1-11-5-3-4-6-14(11)18-16(21)12(2)19-9-7-13(8-10-19)15(17)20/h11-14H,3-10H2,1-2H3,(H2,17,20)(H,18,21)/p+1/t11-,12-,14-/m1/s1. The van der Waals surface area contributed by atoms with Crippen molar-refractivity contribution >= 4 is 11.8 Å². The van der Waals surface area contributed by atoms with E-state index in [1.54, 1.807) is 0 Å². The zero-order valence-corrected chi connectivity index (χ0v) is 13.4. The average Bonchev–Trinajstić information content (AvgIpc) is 2.49. The summed E-state index contributed by atoms with van der Waals surface area (Å²) in [5, 5.41) is 3.25. The third kappa shape index (κ3) is 4.19. The maximum atomic E-state index is 12.4. The predicted molar refractivity (Wildman–Crippen MR) is 81.6 cm³/mol. The number of amides is 2. The quantitative estimate of drug-likeness (QED) is 0.675. The molecule has 5 heteroatoms. The number of primary amides is 1. The summed E-state index contributed by atoms with van der Waals surface area (Å²) in [4.78, 5) is 24.9. The first-order valence-electron chi connectivity index (χ1n) is 8.43. The molecule has 0 radical (unpaired) electrons. The van der Waals surface area contributed by atoms with Crippen LogP contribution in [0.1, 0.15) is 52.4 Å². The van der Waals surface area contributed by atoms with Crippen LogP contribution in [0.3, 0.4) is 0 Å². The van der Waals surface area contributed by atoms with E-state index in [-0.39, 0.29) is 23.8 Å². The minimum Gasteiger partial charge on any atom is -0.369 e. The van der Waals surface area contributed by atoms with Gasteiger partial charge in [-0.15, -0.1) is 0 Å². The van der Waals surface area contributed by atoms with E-state index >= 15 is 0 Å². The summed E-state index contributed by atoms with van der Waals surface area (Å²) in [7, 11) is 0. The number of quaternary nitrogens is 1. The van der Waals surface area contributed by atoms with Crippen molar-refractivity contribution in [2.45, 2.75) is 64.5 Å². The molecule has 21 heavy (non-hydrogen) atoms. The normalized spacial score (nSPS) is 35.0. The van der Waals surface area contributed by atoms with Gasteiger partial charge in [0.25, 0.3) is 5.91 Å². The molecule has 0 unspecified atom stereocenters. The number of carbonyl (C=O) groups is 2. The molecule has 1 saturated heterocycles. The zero-order valence-electron chi connectivity index (χ0n) is 13.4. The molecular weight excluding hydrogens is 266 g/mol. The lowest BCUT2D eigenvalue weighted by Gasteiger charge is -2.34. The number of nitrogens with two attached hydrogens (primary N) is 1. The minimum absolute atomic E-state index is 0.00220. The van der Waals surface area contributed by atoms with Crippen molar-refractivity contribution in [3.63, 3.8) is 0 Å². The van der Waals surface area contributed by atoms with Crippen molar-refractivity contribution in [1.82, 2.24) is 5.32 Å². The largest absolute Gasteiger partial charge is 0.369 e. The molecule has 4 N–H and O–H groups in total. The summed E-state index contributed by atoms with van der Waals surface area (Å²) < 4.78 is 0. The van der Waals surface area contributed by atoms with Crippen molar-refractivity contribution in [2.24, 2.45) is 17.6 Å². The van der Waals surface area contributed by atoms with Gasteiger partial charge in [-0.05, 0) is 25.7 Å². The van der Waals surface area contributed by atoms with Gasteiger partial charge >= 0.3 is 0 Å². The van der Waals surface area contributed by atoms with E-state index in [0.29, 0.717) is 12.0 Å². The predicted octanol–water partition coefficient (Wildman–Crippen LogP) is -0.150. The molecule has 120 valence electrons. The molecule has 1 heterocycles. The van der Waals surface area contributed by atoms with Gasteiger partial charge in [0, 0.05) is 24.8 Å². The number of likely N-dealkylation sites (tertiary alicyclic amines) is 1. The molecule has 0 spiro atoms. The third-order valence-corrected chi connectivity index (χ3v) is 5.47. The second kappa shape index (κ2) is 7.25. The lowest BCUT2D eigenvalue weighted by molar-refractivity contribution is -0.919. The highest BCUT2D eigenvalue weighted by Crippen LogP contribution is 2.23. The molecule has 2 rings (SSSR count). The van der Waals surface area contributed by atoms with E-state index in [0.717, 1.165) is 32.4 Å². The summed E-state index contributed by atoms with van der Waals surface area (Å²) in [6, 6.07) is 0.309. The van der Waals surface area contributed by atoms with Gasteiger partial charge in [-0.25, -0.2) is 0 Å². The number of rotatable bonds is 4. The molecule has 3 atom stereocenters. The Morgan fingerprint density at radius 1 is 1.14 bits per heavy atom. The Balaban J connectivity index is 1.81. The molecule has 1 saturated carbocycles. The van der Waals surface area contributed by atoms with E-state index in [9.17, 15) is 9.59 Å². The Bertz CT molecular complexity index is 378. The minimum atomic E-state index is -0.192. The Labute approximate surface area is 127 Å². The Morgan fingerprint density at radius 3 is 2.33 bits per heavy atom. The maximum absolute atomic E-state index is 12.4. The Morgan fingerprint density at radius 2 is 1.76 bits per heavy atom. The van der Waals surface area contributed by atoms with Crippen LogP contribution in [0.4, 0.5) is 0 Å². The molecule has 0 bridgehead atoms. The highest BCUT2D eigenvalue weighted by Gasteiger charge is 2.33. The van der Waals surface area contributed by atoms with Gasteiger partial charge in [0.15, 0.2) is 6.04 Å². The van der Waals surface area contributed by atoms with Crippen LogP contribution in [0.25, 0.3) is 0 Å². The number of piperidine rings is 1. The average molecular weight is 296 g/mol. The van der Waals surface area contributed by atoms with Crippen LogP contribution >= 0.6 is 0 Å². The van der Waals surface area contributed by atoms with E-state index in [1.807, 2.05) is 6.92 Å². The van der Waals surface area contributed by atoms with E-state index in [1.165, 1.54) is 24.2 Å². The molecule has 0 aromatic rings. The summed E-state index contributed by atoms with van der Waals surface area (Å²) in [6.07, 6.45) is 6.45. The van der Waals surface area contributed by atoms with E-state index in [2.05, 4.69) is 12.2 Å². The van der Waals surface area contributed by atoms with E-state index in [4.69, 9.17) is 5.73 Å². The van der Waals surface area contributed by atoms with Crippen LogP contribution in [-0.4, -0.2) is 37.0 Å². The fraction of sp³-hybridized carbons (Fsp3) is 0.875. The molecule has 1 aliphatic carbocycles. The van der Waals surface area contributed by atoms with Crippen LogP contribution in [-0.2, 0) is 9.59 Å². The number of carbonyl (C=O) groups excluding carboxylic acids is 2. The number of nitrogens with one attached hydrogen (secondary N) is 2. The van der Waals surface area contributed by atoms with Crippen LogP contribution in [0.15, 0.2) is 0 Å². The monoisotopic (exact) mass is 296 g/mol. The summed E-state index contributed by atoms with van der Waals surface area (Å²) in [5.74, 6) is 0.566. The van der Waals surface area contributed by atoms with Crippen LogP contribution < -0.4 is 16.0 Å². The Hall–Kier alpha value is -1.10. The second-order valence-corrected chi connectivity index (χ2v) is 6.93. The van der Waals surface area contributed by atoms with Crippen LogP contribution in [0.5, 0.6) is 0 Å². The number of hydrogen-bond acceptors (Lipinski definition) is 2. The third-order valence-electron chi connectivity index (χ3n) is 5.47. The molecule has 0 aromatic heterocycles. The Kier molecular flexibility index (Phi) is 5.62. The van der Waals surface area contributed by atoms with Crippen molar-refractivity contribution in [3.05, 3.63) is 0 Å². The van der Waals surface area contributed by atoms with Gasteiger partial charge in [-0.2, -0.15) is 0 Å². The SMILES string of the molecule is C[C@@H]1CCCC[C@H]1NC(=O)[C@@H](C)[NH+]1CCC(C(N)=O)CC1. The first-order chi connectivity index (χ1) is 9.99. The van der Waals surface area contributed by atoms with Gasteiger partial charge < -0.3 is 16.0 Å². The van der Waals surface area contributed by atoms with Crippen molar-refractivity contribution in [3.8, 4) is 0 Å². The van der Waals surface area contributed by atoms with Gasteiger partial charge in [-0.3, -0.25) is 9.59 Å². The first kappa shape index (κ1) is 16.3. The van der Waals surface area contributed by atoms with Gasteiger partial charge in [0.1, 0.15) is 0 Å². The summed E-state index contributed by atoms with van der Waals surface area (Å²) in [5.41, 5.74) is 5.36. The number of hydrogen-bond donors (Lipinski definition) is 3. The maximum Gasteiger partial charge on any atom is 0.278 e. The van der Waals surface area contributed by atoms with E-state index < -0.39 is 0 Å². The zero-order chi connectivity index (χ0) is 15.4. The lowest BCUT2D eigenvalue weighted by atomic mass is 9.86. The van der Waals surface area contributed by atoms with Gasteiger partial charge in [-0.1, -0.05) is 19.8 Å². The van der Waals surface area contributed by atoms with Crippen molar-refractivity contribution < 1.29 is 14.5 Å². The first-order valence-corrected chi connectivity index (χ1v) is 8.43. The van der Waals surface area contributed by atoms with Crippen molar-refractivity contribution in [1.29, 1.82) is 0 Å². The molecule has 0 aromatic carbocycles. The fourth-order valence-corrected chi connectivity index (χ4v) is 3.73. The topological polar surface area (TPSA) is 76.6 Å². The van der Waals surface area contributed by atoms with Gasteiger partial charge in [0.05, 0.1) is 13.1 Å². The highest BCUT2D eigenvalue weighted by molar-refractivity contribution is 5.80. The molecular formula is C16H30N3O2+.